The summed E-state index contributed by atoms with van der Waals surface area (Å²) in [4.78, 5) is 37.1. The zero-order valence-corrected chi connectivity index (χ0v) is 18.1. The standard InChI is InChI=1S/C22H20F3N3O6/c1-28-20(30)15-6-4-3-5-14(15)19(27-28)21(31)34-12-18(29)26-16-11-13(22(23,24)25)7-8-17(16)33-10-9-32-2/h3-8,11H,9-10,12H2,1-2H3,(H,26,29). The van der Waals surface area contributed by atoms with E-state index < -0.39 is 35.8 Å². The summed E-state index contributed by atoms with van der Waals surface area (Å²) in [5.74, 6) is -1.91. The van der Waals surface area contributed by atoms with Crippen molar-refractivity contribution in [1.29, 1.82) is 0 Å². The minimum Gasteiger partial charge on any atom is -0.489 e. The highest BCUT2D eigenvalue weighted by Crippen LogP contribution is 2.35. The highest BCUT2D eigenvalue weighted by Gasteiger charge is 2.31. The Kier molecular flexibility index (Phi) is 7.51. The quantitative estimate of drug-likeness (QED) is 0.391. The number of aryl methyl sites for hydroxylation is 1. The smallest absolute Gasteiger partial charge is 0.416 e. The fourth-order valence-corrected chi connectivity index (χ4v) is 3.00. The van der Waals surface area contributed by atoms with Crippen LogP contribution < -0.4 is 15.6 Å². The molecule has 3 rings (SSSR count). The van der Waals surface area contributed by atoms with Gasteiger partial charge in [-0.3, -0.25) is 9.59 Å². The van der Waals surface area contributed by atoms with Crippen molar-refractivity contribution >= 4 is 28.3 Å². The molecule has 2 aromatic carbocycles. The highest BCUT2D eigenvalue weighted by molar-refractivity contribution is 6.03. The molecule has 1 aromatic heterocycles. The molecule has 0 saturated heterocycles. The van der Waals surface area contributed by atoms with Crippen molar-refractivity contribution in [3.63, 3.8) is 0 Å². The summed E-state index contributed by atoms with van der Waals surface area (Å²) in [6, 6.07) is 8.84. The Morgan fingerprint density at radius 3 is 2.47 bits per heavy atom. The van der Waals surface area contributed by atoms with Gasteiger partial charge in [-0.15, -0.1) is 0 Å². The fourth-order valence-electron chi connectivity index (χ4n) is 3.00. The lowest BCUT2D eigenvalue weighted by Gasteiger charge is -2.15. The summed E-state index contributed by atoms with van der Waals surface area (Å²) >= 11 is 0. The van der Waals surface area contributed by atoms with Gasteiger partial charge in [0.15, 0.2) is 12.3 Å². The number of carbonyl (C=O) groups is 2. The number of aromatic nitrogens is 2. The molecule has 0 saturated carbocycles. The predicted octanol–water partition coefficient (Wildman–Crippen LogP) is 2.77. The first-order valence-electron chi connectivity index (χ1n) is 9.88. The number of fused-ring (bicyclic) bond motifs is 1. The summed E-state index contributed by atoms with van der Waals surface area (Å²) in [5, 5.41) is 6.63. The van der Waals surface area contributed by atoms with E-state index in [-0.39, 0.29) is 41.1 Å². The van der Waals surface area contributed by atoms with Crippen LogP contribution in [0.2, 0.25) is 0 Å². The van der Waals surface area contributed by atoms with E-state index in [2.05, 4.69) is 10.4 Å². The molecule has 12 heteroatoms. The second-order valence-corrected chi connectivity index (χ2v) is 7.00. The number of methoxy groups -OCH3 is 1. The maximum Gasteiger partial charge on any atom is 0.416 e. The Hall–Kier alpha value is -3.93. The molecule has 9 nitrogen and oxygen atoms in total. The molecule has 1 heterocycles. The third-order valence-electron chi connectivity index (χ3n) is 4.61. The Balaban J connectivity index is 1.76. The number of ether oxygens (including phenoxy) is 3. The maximum atomic E-state index is 13.1. The largest absolute Gasteiger partial charge is 0.489 e. The second kappa shape index (κ2) is 10.3. The van der Waals surface area contributed by atoms with Gasteiger partial charge in [-0.25, -0.2) is 9.48 Å². The second-order valence-electron chi connectivity index (χ2n) is 7.00. The monoisotopic (exact) mass is 479 g/mol. The molecule has 3 aromatic rings. The van der Waals surface area contributed by atoms with Gasteiger partial charge in [-0.1, -0.05) is 18.2 Å². The van der Waals surface area contributed by atoms with Gasteiger partial charge in [0.05, 0.1) is 23.2 Å². The number of halogens is 3. The van der Waals surface area contributed by atoms with E-state index in [9.17, 15) is 27.6 Å². The van der Waals surface area contributed by atoms with Gasteiger partial charge in [0.1, 0.15) is 12.4 Å². The Morgan fingerprint density at radius 1 is 1.09 bits per heavy atom. The molecule has 0 atom stereocenters. The van der Waals surface area contributed by atoms with E-state index in [0.717, 1.165) is 16.8 Å². The molecular weight excluding hydrogens is 459 g/mol. The molecule has 0 radical (unpaired) electrons. The van der Waals surface area contributed by atoms with Crippen LogP contribution in [0.3, 0.4) is 0 Å². The SMILES string of the molecule is COCCOc1ccc(C(F)(F)F)cc1NC(=O)COC(=O)c1nn(C)c(=O)c2ccccc12. The summed E-state index contributed by atoms with van der Waals surface area (Å²) in [5.41, 5.74) is -1.86. The average Bonchev–Trinajstić information content (AvgIpc) is 2.80. The molecule has 0 bridgehead atoms. The van der Waals surface area contributed by atoms with Crippen molar-refractivity contribution < 1.29 is 37.0 Å². The van der Waals surface area contributed by atoms with Crippen LogP contribution >= 0.6 is 0 Å². The molecule has 0 aliphatic heterocycles. The third kappa shape index (κ3) is 5.70. The maximum absolute atomic E-state index is 13.1. The number of rotatable bonds is 8. The number of nitrogens with zero attached hydrogens (tertiary/aromatic N) is 2. The summed E-state index contributed by atoms with van der Waals surface area (Å²) < 4.78 is 55.4. The topological polar surface area (TPSA) is 109 Å². The van der Waals surface area contributed by atoms with Crippen molar-refractivity contribution in [1.82, 2.24) is 9.78 Å². The van der Waals surface area contributed by atoms with Gasteiger partial charge in [0, 0.05) is 19.5 Å². The first kappa shape index (κ1) is 24.7. The van der Waals surface area contributed by atoms with E-state index in [4.69, 9.17) is 14.2 Å². The van der Waals surface area contributed by atoms with E-state index >= 15 is 0 Å². The number of carbonyl (C=O) groups excluding carboxylic acids is 2. The number of nitrogens with one attached hydrogen (secondary N) is 1. The van der Waals surface area contributed by atoms with Gasteiger partial charge in [-0.05, 0) is 24.3 Å². The van der Waals surface area contributed by atoms with Gasteiger partial charge >= 0.3 is 12.1 Å². The molecule has 0 fully saturated rings. The Bertz CT molecular complexity index is 1270. The highest BCUT2D eigenvalue weighted by atomic mass is 19.4. The number of hydrogen-bond acceptors (Lipinski definition) is 7. The van der Waals surface area contributed by atoms with Crippen molar-refractivity contribution in [2.45, 2.75) is 6.18 Å². The van der Waals surface area contributed by atoms with Crippen LogP contribution in [0.15, 0.2) is 47.3 Å². The molecular formula is C22H20F3N3O6. The minimum atomic E-state index is -4.65. The van der Waals surface area contributed by atoms with Crippen LogP contribution in [0.1, 0.15) is 16.1 Å². The predicted molar refractivity (Wildman–Crippen MR) is 115 cm³/mol. The van der Waals surface area contributed by atoms with E-state index in [1.807, 2.05) is 0 Å². The molecule has 0 aliphatic carbocycles. The van der Waals surface area contributed by atoms with Crippen molar-refractivity contribution in [2.24, 2.45) is 7.05 Å². The average molecular weight is 479 g/mol. The van der Waals surface area contributed by atoms with Gasteiger partial charge in [0.25, 0.3) is 11.5 Å². The summed E-state index contributed by atoms with van der Waals surface area (Å²) in [7, 11) is 2.78. The lowest BCUT2D eigenvalue weighted by atomic mass is 10.1. The van der Waals surface area contributed by atoms with Gasteiger partial charge < -0.3 is 19.5 Å². The fraction of sp³-hybridized carbons (Fsp3) is 0.273. The lowest BCUT2D eigenvalue weighted by molar-refractivity contribution is -0.137. The number of benzene rings is 2. The van der Waals surface area contributed by atoms with Crippen molar-refractivity contribution in [3.8, 4) is 5.75 Å². The summed E-state index contributed by atoms with van der Waals surface area (Å²) in [6.07, 6.45) is -4.65. The zero-order chi connectivity index (χ0) is 24.9. The summed E-state index contributed by atoms with van der Waals surface area (Å²) in [6.45, 7) is -0.608. The Labute approximate surface area is 191 Å². The number of amides is 1. The van der Waals surface area contributed by atoms with Crippen molar-refractivity contribution in [2.75, 3.05) is 32.2 Å². The van der Waals surface area contributed by atoms with E-state index in [1.165, 1.54) is 26.3 Å². The molecule has 1 N–H and O–H groups in total. The lowest BCUT2D eigenvalue weighted by Crippen LogP contribution is -2.26. The number of alkyl halides is 3. The molecule has 34 heavy (non-hydrogen) atoms. The van der Waals surface area contributed by atoms with Crippen LogP contribution in [0.25, 0.3) is 10.8 Å². The molecule has 0 spiro atoms. The number of hydrogen-bond donors (Lipinski definition) is 1. The normalized spacial score (nSPS) is 11.3. The van der Waals surface area contributed by atoms with E-state index in [1.54, 1.807) is 12.1 Å². The number of anilines is 1. The number of esters is 1. The van der Waals surface area contributed by atoms with Gasteiger partial charge in [0.2, 0.25) is 0 Å². The molecule has 1 amide bonds. The van der Waals surface area contributed by atoms with Crippen LogP contribution in [0.4, 0.5) is 18.9 Å². The molecule has 0 aliphatic rings. The zero-order valence-electron chi connectivity index (χ0n) is 18.1. The molecule has 180 valence electrons. The van der Waals surface area contributed by atoms with Crippen LogP contribution in [0, 0.1) is 0 Å². The Morgan fingerprint density at radius 2 is 1.79 bits per heavy atom. The first-order chi connectivity index (χ1) is 16.1. The third-order valence-corrected chi connectivity index (χ3v) is 4.61. The van der Waals surface area contributed by atoms with Crippen LogP contribution in [-0.2, 0) is 27.5 Å². The van der Waals surface area contributed by atoms with E-state index in [0.29, 0.717) is 6.07 Å². The van der Waals surface area contributed by atoms with Gasteiger partial charge in [-0.2, -0.15) is 18.3 Å². The van der Waals surface area contributed by atoms with Crippen LogP contribution in [-0.4, -0.2) is 48.6 Å². The minimum absolute atomic E-state index is 0.0181. The first-order valence-corrected chi connectivity index (χ1v) is 9.88. The molecule has 0 unspecified atom stereocenters. The van der Waals surface area contributed by atoms with Crippen LogP contribution in [0.5, 0.6) is 5.75 Å². The van der Waals surface area contributed by atoms with Crippen molar-refractivity contribution in [3.05, 3.63) is 64.1 Å².